The van der Waals surface area contributed by atoms with Crippen LogP contribution < -0.4 is 9.64 Å². The van der Waals surface area contributed by atoms with Crippen LogP contribution in [0.5, 0.6) is 5.75 Å². The minimum absolute atomic E-state index is 0.0368. The highest BCUT2D eigenvalue weighted by atomic mass is 35.5. The quantitative estimate of drug-likeness (QED) is 0.414. The molecule has 0 unspecified atom stereocenters. The van der Waals surface area contributed by atoms with Gasteiger partial charge in [0, 0.05) is 42.8 Å². The first kappa shape index (κ1) is 26.3. The topological polar surface area (TPSA) is 70.2 Å². The average Bonchev–Trinajstić information content (AvgIpc) is 2.89. The van der Waals surface area contributed by atoms with E-state index < -0.39 is 10.0 Å². The van der Waals surface area contributed by atoms with Crippen LogP contribution in [-0.4, -0.2) is 63.4 Å². The highest BCUT2D eigenvalue weighted by Crippen LogP contribution is 2.28. The van der Waals surface area contributed by atoms with E-state index in [4.69, 9.17) is 27.9 Å². The molecule has 0 bridgehead atoms. The highest BCUT2D eigenvalue weighted by Gasteiger charge is 2.30. The molecule has 1 aliphatic rings. The van der Waals surface area contributed by atoms with Crippen LogP contribution in [0.25, 0.3) is 0 Å². The van der Waals surface area contributed by atoms with E-state index in [-0.39, 0.29) is 23.9 Å². The third-order valence-electron chi connectivity index (χ3n) is 6.09. The van der Waals surface area contributed by atoms with Gasteiger partial charge in [0.05, 0.1) is 24.2 Å². The minimum Gasteiger partial charge on any atom is -0.495 e. The summed E-state index contributed by atoms with van der Waals surface area (Å²) in [6, 6.07) is 20.6. The van der Waals surface area contributed by atoms with Crippen LogP contribution in [0.4, 0.5) is 5.69 Å². The summed E-state index contributed by atoms with van der Waals surface area (Å²) >= 11 is 11.9. The molecule has 0 N–H and O–H groups in total. The van der Waals surface area contributed by atoms with Crippen LogP contribution in [0.1, 0.15) is 5.56 Å². The fraction of sp³-hybridized carbons (Fsp3) is 0.269. The Balaban J connectivity index is 1.50. The summed E-state index contributed by atoms with van der Waals surface area (Å²) in [5.41, 5.74) is 1.70. The van der Waals surface area contributed by atoms with Gasteiger partial charge in [0.25, 0.3) is 0 Å². The molecular formula is C26H27Cl2N3O4S. The van der Waals surface area contributed by atoms with Crippen molar-refractivity contribution in [2.45, 2.75) is 11.4 Å². The molecule has 36 heavy (non-hydrogen) atoms. The smallest absolute Gasteiger partial charge is 0.243 e. The Bertz CT molecular complexity index is 1290. The van der Waals surface area contributed by atoms with Gasteiger partial charge in [0.15, 0.2) is 0 Å². The molecule has 0 aliphatic carbocycles. The summed E-state index contributed by atoms with van der Waals surface area (Å²) in [4.78, 5) is 17.2. The van der Waals surface area contributed by atoms with Crippen molar-refractivity contribution in [1.82, 2.24) is 9.21 Å². The normalized spacial score (nSPS) is 14.2. The number of rotatable bonds is 8. The Kier molecular flexibility index (Phi) is 8.41. The van der Waals surface area contributed by atoms with Crippen molar-refractivity contribution in [1.29, 1.82) is 0 Å². The second-order valence-corrected chi connectivity index (χ2v) is 11.2. The van der Waals surface area contributed by atoms with Crippen LogP contribution in [0, 0.1) is 0 Å². The molecular weight excluding hydrogens is 521 g/mol. The van der Waals surface area contributed by atoms with E-state index in [2.05, 4.69) is 4.90 Å². The standard InChI is InChI=1S/C26H27Cl2N3O4S/c1-35-25-5-3-2-4-24(25)29-14-16-30(17-15-29)26(32)19-31(18-20-6-8-21(27)9-7-20)36(33,34)23-12-10-22(28)11-13-23/h2-13H,14-19H2,1H3. The number of anilines is 1. The van der Waals surface area contributed by atoms with Gasteiger partial charge in [-0.1, -0.05) is 47.5 Å². The lowest BCUT2D eigenvalue weighted by Gasteiger charge is -2.37. The summed E-state index contributed by atoms with van der Waals surface area (Å²) < 4.78 is 33.7. The first-order chi connectivity index (χ1) is 17.3. The van der Waals surface area contributed by atoms with Crippen LogP contribution >= 0.6 is 23.2 Å². The fourth-order valence-electron chi connectivity index (χ4n) is 4.11. The molecule has 1 fully saturated rings. The molecule has 4 rings (SSSR count). The molecule has 3 aromatic rings. The zero-order valence-corrected chi connectivity index (χ0v) is 22.1. The van der Waals surface area contributed by atoms with Crippen molar-refractivity contribution in [3.63, 3.8) is 0 Å². The van der Waals surface area contributed by atoms with E-state index in [1.165, 1.54) is 28.6 Å². The molecule has 1 saturated heterocycles. The Morgan fingerprint density at radius 2 is 1.47 bits per heavy atom. The predicted octanol–water partition coefficient (Wildman–Crippen LogP) is 4.54. The van der Waals surface area contributed by atoms with E-state index in [0.29, 0.717) is 36.2 Å². The Morgan fingerprint density at radius 1 is 0.889 bits per heavy atom. The van der Waals surface area contributed by atoms with Gasteiger partial charge in [-0.15, -0.1) is 0 Å². The molecule has 1 aliphatic heterocycles. The number of para-hydroxylation sites is 2. The third kappa shape index (κ3) is 6.13. The molecule has 0 radical (unpaired) electrons. The van der Waals surface area contributed by atoms with Crippen molar-refractivity contribution in [3.8, 4) is 5.75 Å². The molecule has 1 heterocycles. The number of methoxy groups -OCH3 is 1. The highest BCUT2D eigenvalue weighted by molar-refractivity contribution is 7.89. The summed E-state index contributed by atoms with van der Waals surface area (Å²) in [6.45, 7) is 1.96. The number of hydrogen-bond donors (Lipinski definition) is 0. The fourth-order valence-corrected chi connectivity index (χ4v) is 5.74. The number of carbonyl (C=O) groups excluding carboxylic acids is 1. The van der Waals surface area contributed by atoms with Gasteiger partial charge < -0.3 is 14.5 Å². The van der Waals surface area contributed by atoms with E-state index in [1.807, 2.05) is 24.3 Å². The number of carbonyl (C=O) groups is 1. The SMILES string of the molecule is COc1ccccc1N1CCN(C(=O)CN(Cc2ccc(Cl)cc2)S(=O)(=O)c2ccc(Cl)cc2)CC1. The maximum atomic E-state index is 13.5. The third-order valence-corrected chi connectivity index (χ3v) is 8.40. The first-order valence-corrected chi connectivity index (χ1v) is 13.6. The van der Waals surface area contributed by atoms with Crippen molar-refractivity contribution in [2.24, 2.45) is 0 Å². The molecule has 0 aromatic heterocycles. The van der Waals surface area contributed by atoms with Gasteiger partial charge in [0.2, 0.25) is 15.9 Å². The Labute approximate surface area is 221 Å². The summed E-state index contributed by atoms with van der Waals surface area (Å²) in [5.74, 6) is 0.529. The lowest BCUT2D eigenvalue weighted by atomic mass is 10.2. The summed E-state index contributed by atoms with van der Waals surface area (Å²) in [6.07, 6.45) is 0. The van der Waals surface area contributed by atoms with Gasteiger partial charge >= 0.3 is 0 Å². The van der Waals surface area contributed by atoms with Crippen LogP contribution in [0.2, 0.25) is 10.0 Å². The number of benzene rings is 3. The number of ether oxygens (including phenoxy) is 1. The van der Waals surface area contributed by atoms with Crippen molar-refractivity contribution in [2.75, 3.05) is 44.7 Å². The second kappa shape index (κ2) is 11.5. The number of hydrogen-bond acceptors (Lipinski definition) is 5. The molecule has 0 atom stereocenters. The molecule has 0 spiro atoms. The molecule has 7 nitrogen and oxygen atoms in total. The molecule has 1 amide bonds. The van der Waals surface area contributed by atoms with Gasteiger partial charge in [-0.2, -0.15) is 4.31 Å². The van der Waals surface area contributed by atoms with E-state index in [1.54, 1.807) is 36.3 Å². The number of halogens is 2. The molecule has 3 aromatic carbocycles. The van der Waals surface area contributed by atoms with Crippen LogP contribution in [-0.2, 0) is 21.4 Å². The monoisotopic (exact) mass is 547 g/mol. The second-order valence-electron chi connectivity index (χ2n) is 8.39. The van der Waals surface area contributed by atoms with Gasteiger partial charge in [0.1, 0.15) is 5.75 Å². The van der Waals surface area contributed by atoms with Crippen LogP contribution in [0.15, 0.2) is 77.7 Å². The van der Waals surface area contributed by atoms with Crippen molar-refractivity contribution < 1.29 is 17.9 Å². The average molecular weight is 548 g/mol. The number of nitrogens with zero attached hydrogens (tertiary/aromatic N) is 3. The lowest BCUT2D eigenvalue weighted by molar-refractivity contribution is -0.131. The summed E-state index contributed by atoms with van der Waals surface area (Å²) in [5, 5.41) is 0.983. The van der Waals surface area contributed by atoms with Crippen LogP contribution in [0.3, 0.4) is 0 Å². The zero-order valence-electron chi connectivity index (χ0n) is 19.8. The minimum atomic E-state index is -3.96. The number of amides is 1. The Hall–Kier alpha value is -2.78. The lowest BCUT2D eigenvalue weighted by Crippen LogP contribution is -2.51. The Morgan fingerprint density at radius 3 is 2.08 bits per heavy atom. The van der Waals surface area contributed by atoms with E-state index in [0.717, 1.165) is 17.0 Å². The largest absolute Gasteiger partial charge is 0.495 e. The van der Waals surface area contributed by atoms with Crippen molar-refractivity contribution in [3.05, 3.63) is 88.4 Å². The molecule has 10 heteroatoms. The molecule has 0 saturated carbocycles. The predicted molar refractivity (Wildman–Crippen MR) is 142 cm³/mol. The maximum Gasteiger partial charge on any atom is 0.243 e. The molecule has 190 valence electrons. The van der Waals surface area contributed by atoms with E-state index in [9.17, 15) is 13.2 Å². The van der Waals surface area contributed by atoms with Gasteiger partial charge in [-0.3, -0.25) is 4.79 Å². The number of sulfonamides is 1. The maximum absolute atomic E-state index is 13.5. The van der Waals surface area contributed by atoms with Gasteiger partial charge in [-0.05, 0) is 54.1 Å². The van der Waals surface area contributed by atoms with Crippen molar-refractivity contribution >= 4 is 44.8 Å². The van der Waals surface area contributed by atoms with E-state index >= 15 is 0 Å². The van der Waals surface area contributed by atoms with Gasteiger partial charge in [-0.25, -0.2) is 8.42 Å². The summed E-state index contributed by atoms with van der Waals surface area (Å²) in [7, 11) is -2.32. The first-order valence-electron chi connectivity index (χ1n) is 11.4. The number of piperazine rings is 1. The zero-order chi connectivity index (χ0) is 25.7.